The number of carbonyl (C=O) groups excluding carboxylic acids is 2. The number of ether oxygens (including phenoxy) is 1. The summed E-state index contributed by atoms with van der Waals surface area (Å²) in [7, 11) is 1.48. The van der Waals surface area contributed by atoms with Gasteiger partial charge in [-0.1, -0.05) is 12.1 Å². The van der Waals surface area contributed by atoms with Crippen molar-refractivity contribution < 1.29 is 24.2 Å². The van der Waals surface area contributed by atoms with Crippen molar-refractivity contribution in [3.63, 3.8) is 0 Å². The molecule has 1 heterocycles. The topological polar surface area (TPSA) is 95.9 Å². The van der Waals surface area contributed by atoms with E-state index in [0.717, 1.165) is 10.6 Å². The molecule has 2 N–H and O–H groups in total. The molecule has 2 rings (SSSR count). The fourth-order valence-corrected chi connectivity index (χ4v) is 3.27. The number of methoxy groups -OCH3 is 1. The van der Waals surface area contributed by atoms with Crippen molar-refractivity contribution >= 4 is 35.2 Å². The zero-order chi connectivity index (χ0) is 16.8. The zero-order valence-corrected chi connectivity index (χ0v) is 13.5. The van der Waals surface area contributed by atoms with Gasteiger partial charge in [0.25, 0.3) is 0 Å². The van der Waals surface area contributed by atoms with Crippen molar-refractivity contribution in [2.24, 2.45) is 0 Å². The highest BCUT2D eigenvalue weighted by Gasteiger charge is 2.30. The molecule has 1 aromatic rings. The number of amides is 2. The summed E-state index contributed by atoms with van der Waals surface area (Å²) in [6.45, 7) is 0.0148. The third kappa shape index (κ3) is 4.70. The van der Waals surface area contributed by atoms with Crippen LogP contribution < -0.4 is 5.32 Å². The van der Waals surface area contributed by atoms with E-state index in [9.17, 15) is 14.4 Å². The van der Waals surface area contributed by atoms with Gasteiger partial charge in [0.15, 0.2) is 0 Å². The number of rotatable bonds is 7. The van der Waals surface area contributed by atoms with Crippen molar-refractivity contribution in [2.45, 2.75) is 16.6 Å². The highest BCUT2D eigenvalue weighted by Crippen LogP contribution is 2.36. The monoisotopic (exact) mass is 338 g/mol. The first-order chi connectivity index (χ1) is 11.0. The summed E-state index contributed by atoms with van der Waals surface area (Å²) >= 11 is 1.32. The van der Waals surface area contributed by atoms with Gasteiger partial charge in [-0.3, -0.25) is 14.4 Å². The summed E-state index contributed by atoms with van der Waals surface area (Å²) < 4.78 is 4.89. The van der Waals surface area contributed by atoms with E-state index in [4.69, 9.17) is 9.84 Å². The second kappa shape index (κ2) is 7.98. The minimum Gasteiger partial charge on any atom is -0.480 e. The van der Waals surface area contributed by atoms with Crippen LogP contribution >= 0.6 is 11.8 Å². The second-order valence-electron chi connectivity index (χ2n) is 5.00. The SMILES string of the molecule is COCCN(CC(=O)O)C(=O)CC1Sc2ccccc2NC1=O. The van der Waals surface area contributed by atoms with Crippen LogP contribution in [0.4, 0.5) is 5.69 Å². The van der Waals surface area contributed by atoms with Gasteiger partial charge in [0.05, 0.1) is 17.5 Å². The Morgan fingerprint density at radius 3 is 2.83 bits per heavy atom. The fourth-order valence-electron chi connectivity index (χ4n) is 2.17. The first-order valence-electron chi connectivity index (χ1n) is 7.06. The predicted molar refractivity (Wildman–Crippen MR) is 85.4 cm³/mol. The lowest BCUT2D eigenvalue weighted by Gasteiger charge is -2.26. The highest BCUT2D eigenvalue weighted by atomic mass is 32.2. The third-order valence-corrected chi connectivity index (χ3v) is 4.59. The van der Waals surface area contributed by atoms with E-state index in [0.29, 0.717) is 0 Å². The highest BCUT2D eigenvalue weighted by molar-refractivity contribution is 8.01. The molecule has 0 aliphatic carbocycles. The fraction of sp³-hybridized carbons (Fsp3) is 0.400. The van der Waals surface area contributed by atoms with E-state index in [-0.39, 0.29) is 31.4 Å². The number of carboxylic acid groups (broad SMARTS) is 1. The number of para-hydroxylation sites is 1. The molecule has 1 aliphatic heterocycles. The van der Waals surface area contributed by atoms with Gasteiger partial charge in [-0.25, -0.2) is 0 Å². The predicted octanol–water partition coefficient (Wildman–Crippen LogP) is 1.05. The quantitative estimate of drug-likeness (QED) is 0.771. The minimum atomic E-state index is -1.10. The van der Waals surface area contributed by atoms with Crippen LogP contribution in [0.5, 0.6) is 0 Å². The number of thioether (sulfide) groups is 1. The molecule has 0 spiro atoms. The van der Waals surface area contributed by atoms with Gasteiger partial charge in [0.2, 0.25) is 11.8 Å². The molecule has 0 bridgehead atoms. The molecular weight excluding hydrogens is 320 g/mol. The number of aliphatic carboxylic acids is 1. The standard InChI is InChI=1S/C15H18N2O5S/c1-22-7-6-17(9-14(19)20)13(18)8-12-15(21)16-10-4-2-3-5-11(10)23-12/h2-5,12H,6-9H2,1H3,(H,16,21)(H,19,20). The van der Waals surface area contributed by atoms with Gasteiger partial charge in [-0.05, 0) is 12.1 Å². The molecule has 0 radical (unpaired) electrons. The van der Waals surface area contributed by atoms with Crippen LogP contribution in [0.2, 0.25) is 0 Å². The smallest absolute Gasteiger partial charge is 0.323 e. The molecule has 2 amide bonds. The Morgan fingerprint density at radius 1 is 1.39 bits per heavy atom. The lowest BCUT2D eigenvalue weighted by molar-refractivity contribution is -0.145. The molecule has 1 aliphatic rings. The van der Waals surface area contributed by atoms with Gasteiger partial charge >= 0.3 is 5.97 Å². The van der Waals surface area contributed by atoms with Gasteiger partial charge in [0.1, 0.15) is 6.54 Å². The Bertz CT molecular complexity index is 607. The minimum absolute atomic E-state index is 0.0537. The van der Waals surface area contributed by atoms with E-state index >= 15 is 0 Å². The summed E-state index contributed by atoms with van der Waals surface area (Å²) in [6, 6.07) is 7.35. The average Bonchev–Trinajstić information content (AvgIpc) is 2.51. The number of nitrogens with one attached hydrogen (secondary N) is 1. The van der Waals surface area contributed by atoms with Crippen molar-refractivity contribution in [3.05, 3.63) is 24.3 Å². The molecule has 23 heavy (non-hydrogen) atoms. The number of carboxylic acids is 1. The molecule has 0 saturated carbocycles. The Labute approximate surface area is 138 Å². The van der Waals surface area contributed by atoms with Crippen LogP contribution in [0, 0.1) is 0 Å². The molecule has 0 fully saturated rings. The van der Waals surface area contributed by atoms with E-state index < -0.39 is 17.8 Å². The Morgan fingerprint density at radius 2 is 2.13 bits per heavy atom. The van der Waals surface area contributed by atoms with E-state index in [1.165, 1.54) is 23.8 Å². The Balaban J connectivity index is 2.03. The maximum Gasteiger partial charge on any atom is 0.323 e. The number of carbonyl (C=O) groups is 3. The molecular formula is C15H18N2O5S. The molecule has 124 valence electrons. The number of hydrogen-bond acceptors (Lipinski definition) is 5. The maximum atomic E-state index is 12.3. The summed E-state index contributed by atoms with van der Waals surface area (Å²) in [5.74, 6) is -1.72. The van der Waals surface area contributed by atoms with Crippen molar-refractivity contribution in [1.82, 2.24) is 4.90 Å². The van der Waals surface area contributed by atoms with Crippen LogP contribution in [0.25, 0.3) is 0 Å². The van der Waals surface area contributed by atoms with Gasteiger partial charge in [-0.15, -0.1) is 11.8 Å². The normalized spacial score (nSPS) is 16.4. The summed E-state index contributed by atoms with van der Waals surface area (Å²) in [5.41, 5.74) is 0.730. The van der Waals surface area contributed by atoms with Crippen LogP contribution in [0.3, 0.4) is 0 Å². The largest absolute Gasteiger partial charge is 0.480 e. The Hall–Kier alpha value is -2.06. The molecule has 1 atom stereocenters. The van der Waals surface area contributed by atoms with Gasteiger partial charge in [-0.2, -0.15) is 0 Å². The lowest BCUT2D eigenvalue weighted by atomic mass is 10.2. The third-order valence-electron chi connectivity index (χ3n) is 3.31. The number of anilines is 1. The van der Waals surface area contributed by atoms with Crippen molar-refractivity contribution in [3.8, 4) is 0 Å². The van der Waals surface area contributed by atoms with E-state index in [2.05, 4.69) is 5.32 Å². The summed E-state index contributed by atoms with van der Waals surface area (Å²) in [6.07, 6.45) is -0.0537. The number of nitrogens with zero attached hydrogens (tertiary/aromatic N) is 1. The number of hydrogen-bond donors (Lipinski definition) is 2. The number of benzene rings is 1. The van der Waals surface area contributed by atoms with Crippen LogP contribution in [0.1, 0.15) is 6.42 Å². The van der Waals surface area contributed by atoms with E-state index in [1.807, 2.05) is 18.2 Å². The maximum absolute atomic E-state index is 12.3. The average molecular weight is 338 g/mol. The molecule has 0 aromatic heterocycles. The van der Waals surface area contributed by atoms with E-state index in [1.54, 1.807) is 6.07 Å². The first kappa shape index (κ1) is 17.3. The summed E-state index contributed by atoms with van der Waals surface area (Å²) in [4.78, 5) is 37.4. The molecule has 0 saturated heterocycles. The first-order valence-corrected chi connectivity index (χ1v) is 7.94. The molecule has 1 aromatic carbocycles. The van der Waals surface area contributed by atoms with Gasteiger partial charge in [0, 0.05) is 25.0 Å². The lowest BCUT2D eigenvalue weighted by Crippen LogP contribution is -2.41. The van der Waals surface area contributed by atoms with Crippen LogP contribution in [-0.4, -0.2) is 59.8 Å². The summed E-state index contributed by atoms with van der Waals surface area (Å²) in [5, 5.41) is 11.1. The molecule has 1 unspecified atom stereocenters. The number of fused-ring (bicyclic) bond motifs is 1. The van der Waals surface area contributed by atoms with Crippen LogP contribution in [-0.2, 0) is 19.1 Å². The van der Waals surface area contributed by atoms with Crippen LogP contribution in [0.15, 0.2) is 29.2 Å². The molecule has 8 heteroatoms. The molecule has 7 nitrogen and oxygen atoms in total. The Kier molecular flexibility index (Phi) is 6.00. The van der Waals surface area contributed by atoms with Crippen molar-refractivity contribution in [1.29, 1.82) is 0 Å². The second-order valence-corrected chi connectivity index (χ2v) is 6.24. The zero-order valence-electron chi connectivity index (χ0n) is 12.7. The van der Waals surface area contributed by atoms with Crippen molar-refractivity contribution in [2.75, 3.05) is 32.1 Å². The van der Waals surface area contributed by atoms with Gasteiger partial charge < -0.3 is 20.1 Å².